The lowest BCUT2D eigenvalue weighted by atomic mass is 10.2. The number of fused-ring (bicyclic) bond motifs is 1. The van der Waals surface area contributed by atoms with E-state index in [0.29, 0.717) is 29.0 Å². The van der Waals surface area contributed by atoms with E-state index in [9.17, 15) is 9.59 Å². The molecular weight excluding hydrogens is 270 g/mol. The molecule has 5 nitrogen and oxygen atoms in total. The molecule has 0 aliphatic heterocycles. The van der Waals surface area contributed by atoms with Gasteiger partial charge in [-0.15, -0.1) is 0 Å². The first-order valence-electron chi connectivity index (χ1n) is 6.59. The van der Waals surface area contributed by atoms with Gasteiger partial charge in [-0.3, -0.25) is 4.79 Å². The van der Waals surface area contributed by atoms with E-state index < -0.39 is 11.7 Å². The Morgan fingerprint density at radius 3 is 2.57 bits per heavy atom. The zero-order valence-electron chi connectivity index (χ0n) is 11.4. The highest BCUT2D eigenvalue weighted by Gasteiger charge is 2.17. The molecule has 0 atom stereocenters. The Morgan fingerprint density at radius 2 is 1.86 bits per heavy atom. The van der Waals surface area contributed by atoms with Crippen LogP contribution in [-0.4, -0.2) is 17.1 Å². The molecular formula is C16H13NO4. The van der Waals surface area contributed by atoms with E-state index in [4.69, 9.17) is 9.15 Å². The second-order valence-corrected chi connectivity index (χ2v) is 4.43. The number of benzene rings is 2. The molecule has 1 aromatic heterocycles. The summed E-state index contributed by atoms with van der Waals surface area (Å²) in [7, 11) is 0. The van der Waals surface area contributed by atoms with E-state index in [-0.39, 0.29) is 0 Å². The van der Waals surface area contributed by atoms with Crippen molar-refractivity contribution in [2.75, 3.05) is 6.61 Å². The summed E-state index contributed by atoms with van der Waals surface area (Å²) in [5.41, 5.74) is 1.25. The molecule has 5 heteroatoms. The van der Waals surface area contributed by atoms with E-state index in [1.165, 1.54) is 0 Å². The van der Waals surface area contributed by atoms with Crippen LogP contribution in [0.3, 0.4) is 0 Å². The molecule has 0 saturated heterocycles. The number of para-hydroxylation sites is 2. The van der Waals surface area contributed by atoms with Crippen molar-refractivity contribution in [2.24, 2.45) is 0 Å². The van der Waals surface area contributed by atoms with Crippen molar-refractivity contribution < 1.29 is 13.9 Å². The summed E-state index contributed by atoms with van der Waals surface area (Å²) in [5, 5.41) is 0. The van der Waals surface area contributed by atoms with Crippen LogP contribution in [0.5, 0.6) is 5.75 Å². The highest BCUT2D eigenvalue weighted by Crippen LogP contribution is 2.16. The van der Waals surface area contributed by atoms with Crippen LogP contribution in [0.4, 0.5) is 0 Å². The van der Waals surface area contributed by atoms with E-state index in [1.807, 2.05) is 6.92 Å². The topological polar surface area (TPSA) is 61.4 Å². The molecule has 0 spiro atoms. The summed E-state index contributed by atoms with van der Waals surface area (Å²) in [4.78, 5) is 24.3. The van der Waals surface area contributed by atoms with Crippen molar-refractivity contribution >= 4 is 17.0 Å². The molecule has 0 bridgehead atoms. The zero-order valence-corrected chi connectivity index (χ0v) is 11.4. The molecule has 3 rings (SSSR count). The Labute approximate surface area is 120 Å². The molecule has 0 aliphatic rings. The fraction of sp³-hybridized carbons (Fsp3) is 0.125. The van der Waals surface area contributed by atoms with Gasteiger partial charge in [0.2, 0.25) is 0 Å². The molecule has 0 unspecified atom stereocenters. The molecule has 2 aromatic carbocycles. The van der Waals surface area contributed by atoms with E-state index in [0.717, 1.165) is 4.57 Å². The van der Waals surface area contributed by atoms with Crippen LogP contribution in [0.2, 0.25) is 0 Å². The van der Waals surface area contributed by atoms with Gasteiger partial charge >= 0.3 is 5.76 Å². The number of carbonyl (C=O) groups is 1. The third-order valence-electron chi connectivity index (χ3n) is 3.10. The maximum Gasteiger partial charge on any atom is 0.427 e. The van der Waals surface area contributed by atoms with Gasteiger partial charge in [0.15, 0.2) is 5.58 Å². The summed E-state index contributed by atoms with van der Waals surface area (Å²) in [6, 6.07) is 13.5. The Morgan fingerprint density at radius 1 is 1.14 bits per heavy atom. The minimum absolute atomic E-state index is 0.391. The normalized spacial score (nSPS) is 10.7. The van der Waals surface area contributed by atoms with Gasteiger partial charge in [0.25, 0.3) is 5.91 Å². The van der Waals surface area contributed by atoms with Crippen LogP contribution in [0.15, 0.2) is 57.7 Å². The van der Waals surface area contributed by atoms with Crippen molar-refractivity contribution in [2.45, 2.75) is 6.92 Å². The fourth-order valence-corrected chi connectivity index (χ4v) is 2.15. The van der Waals surface area contributed by atoms with Crippen LogP contribution < -0.4 is 10.5 Å². The zero-order chi connectivity index (χ0) is 14.8. The predicted molar refractivity (Wildman–Crippen MR) is 77.8 cm³/mol. The minimum atomic E-state index is -0.685. The number of carbonyl (C=O) groups excluding carboxylic acids is 1. The smallest absolute Gasteiger partial charge is 0.427 e. The third kappa shape index (κ3) is 2.33. The van der Waals surface area contributed by atoms with Crippen molar-refractivity contribution in [1.82, 2.24) is 4.57 Å². The van der Waals surface area contributed by atoms with Gasteiger partial charge in [0.05, 0.1) is 12.1 Å². The SMILES string of the molecule is CCOc1ccc(C(=O)n2c(=O)oc3ccccc32)cc1. The summed E-state index contributed by atoms with van der Waals surface area (Å²) < 4.78 is 11.4. The largest absolute Gasteiger partial charge is 0.494 e. The molecule has 0 N–H and O–H groups in total. The summed E-state index contributed by atoms with van der Waals surface area (Å²) in [6.45, 7) is 2.44. The average molecular weight is 283 g/mol. The lowest BCUT2D eigenvalue weighted by molar-refractivity contribution is 0.0956. The van der Waals surface area contributed by atoms with E-state index in [2.05, 4.69) is 0 Å². The highest BCUT2D eigenvalue weighted by atomic mass is 16.5. The number of hydrogen-bond acceptors (Lipinski definition) is 4. The second-order valence-electron chi connectivity index (χ2n) is 4.43. The Kier molecular flexibility index (Phi) is 3.31. The molecule has 0 aliphatic carbocycles. The van der Waals surface area contributed by atoms with Gasteiger partial charge in [0, 0.05) is 5.56 Å². The Balaban J connectivity index is 2.04. The average Bonchev–Trinajstić information content (AvgIpc) is 2.83. The Bertz CT molecular complexity index is 843. The number of ether oxygens (including phenoxy) is 1. The lowest BCUT2D eigenvalue weighted by Crippen LogP contribution is -2.23. The van der Waals surface area contributed by atoms with Gasteiger partial charge in [-0.2, -0.15) is 0 Å². The van der Waals surface area contributed by atoms with Crippen LogP contribution >= 0.6 is 0 Å². The van der Waals surface area contributed by atoms with Gasteiger partial charge in [-0.05, 0) is 43.3 Å². The monoisotopic (exact) mass is 283 g/mol. The number of nitrogens with zero attached hydrogens (tertiary/aromatic N) is 1. The van der Waals surface area contributed by atoms with Crippen molar-refractivity contribution in [3.05, 3.63) is 64.6 Å². The number of hydrogen-bond donors (Lipinski definition) is 0. The standard InChI is InChI=1S/C16H13NO4/c1-2-20-12-9-7-11(8-10-12)15(18)17-13-5-3-4-6-14(13)21-16(17)19/h3-10H,2H2,1H3. The molecule has 106 valence electrons. The van der Waals surface area contributed by atoms with Crippen molar-refractivity contribution in [3.8, 4) is 5.75 Å². The summed E-state index contributed by atoms with van der Waals surface area (Å²) >= 11 is 0. The molecule has 0 amide bonds. The van der Waals surface area contributed by atoms with Gasteiger partial charge in [0.1, 0.15) is 5.75 Å². The van der Waals surface area contributed by atoms with E-state index >= 15 is 0 Å². The first kappa shape index (κ1) is 13.2. The molecule has 0 radical (unpaired) electrons. The first-order valence-corrected chi connectivity index (χ1v) is 6.59. The maximum absolute atomic E-state index is 12.5. The number of oxazole rings is 1. The minimum Gasteiger partial charge on any atom is -0.494 e. The van der Waals surface area contributed by atoms with Gasteiger partial charge < -0.3 is 9.15 Å². The third-order valence-corrected chi connectivity index (χ3v) is 3.10. The van der Waals surface area contributed by atoms with Crippen LogP contribution in [0, 0.1) is 0 Å². The molecule has 21 heavy (non-hydrogen) atoms. The van der Waals surface area contributed by atoms with Crippen LogP contribution in [0.25, 0.3) is 11.1 Å². The number of rotatable bonds is 3. The van der Waals surface area contributed by atoms with Crippen molar-refractivity contribution in [3.63, 3.8) is 0 Å². The highest BCUT2D eigenvalue weighted by molar-refractivity contribution is 6.00. The Hall–Kier alpha value is -2.82. The number of aromatic nitrogens is 1. The molecule has 3 aromatic rings. The lowest BCUT2D eigenvalue weighted by Gasteiger charge is -2.04. The first-order chi connectivity index (χ1) is 10.2. The van der Waals surface area contributed by atoms with Crippen LogP contribution in [0.1, 0.15) is 17.3 Å². The molecule has 1 heterocycles. The van der Waals surface area contributed by atoms with E-state index in [1.54, 1.807) is 48.5 Å². The summed E-state index contributed by atoms with van der Waals surface area (Å²) in [5.74, 6) is -0.429. The fourth-order valence-electron chi connectivity index (χ4n) is 2.15. The van der Waals surface area contributed by atoms with Crippen molar-refractivity contribution in [1.29, 1.82) is 0 Å². The molecule has 0 saturated carbocycles. The maximum atomic E-state index is 12.5. The van der Waals surface area contributed by atoms with Crippen LogP contribution in [-0.2, 0) is 0 Å². The predicted octanol–water partition coefficient (Wildman–Crippen LogP) is 2.68. The summed E-state index contributed by atoms with van der Waals surface area (Å²) in [6.07, 6.45) is 0. The molecule has 0 fully saturated rings. The quantitative estimate of drug-likeness (QED) is 0.741. The van der Waals surface area contributed by atoms with Gasteiger partial charge in [-0.25, -0.2) is 9.36 Å². The second kappa shape index (κ2) is 5.28. The van der Waals surface area contributed by atoms with Gasteiger partial charge in [-0.1, -0.05) is 12.1 Å².